The molecule has 5 rings (SSSR count). The van der Waals surface area contributed by atoms with Gasteiger partial charge in [0.25, 0.3) is 0 Å². The second-order valence-electron chi connectivity index (χ2n) is 8.36. The summed E-state index contributed by atoms with van der Waals surface area (Å²) in [6.07, 6.45) is 8.18. The first-order valence-corrected chi connectivity index (χ1v) is 11.4. The predicted octanol–water partition coefficient (Wildman–Crippen LogP) is 4.46. The lowest BCUT2D eigenvalue weighted by molar-refractivity contribution is 0.613. The average Bonchev–Trinajstić information content (AvgIpc) is 3.54. The van der Waals surface area contributed by atoms with Gasteiger partial charge in [0, 0.05) is 37.1 Å². The topological polar surface area (TPSA) is 109 Å². The number of nitrogens with zero attached hydrogens (tertiary/aromatic N) is 6. The fourth-order valence-corrected chi connectivity index (χ4v) is 3.74. The first-order valence-electron chi connectivity index (χ1n) is 11.4. The predicted molar refractivity (Wildman–Crippen MR) is 133 cm³/mol. The number of nitrogens with one attached hydrogen (secondary N) is 3. The van der Waals surface area contributed by atoms with Crippen LogP contribution < -0.4 is 10.6 Å². The van der Waals surface area contributed by atoms with Crippen molar-refractivity contribution in [3.8, 4) is 11.3 Å². The maximum absolute atomic E-state index is 4.74. The molecule has 0 aliphatic heterocycles. The number of imidazole rings is 1. The van der Waals surface area contributed by atoms with E-state index in [1.165, 1.54) is 0 Å². The van der Waals surface area contributed by atoms with Crippen LogP contribution in [0, 0.1) is 0 Å². The van der Waals surface area contributed by atoms with E-state index < -0.39 is 0 Å². The summed E-state index contributed by atoms with van der Waals surface area (Å²) in [5.74, 6) is 1.29. The molecule has 172 valence electrons. The number of hydrogen-bond donors (Lipinski definition) is 3. The molecule has 9 heteroatoms. The Hall–Kier alpha value is -4.27. The zero-order valence-corrected chi connectivity index (χ0v) is 19.2. The van der Waals surface area contributed by atoms with E-state index in [9.17, 15) is 0 Å². The molecule has 0 radical (unpaired) electrons. The molecule has 0 saturated heterocycles. The van der Waals surface area contributed by atoms with Crippen molar-refractivity contribution >= 4 is 22.9 Å². The number of H-pyrrole nitrogens is 1. The number of pyridine rings is 1. The quantitative estimate of drug-likeness (QED) is 0.302. The number of benzene rings is 1. The molecule has 0 saturated carbocycles. The van der Waals surface area contributed by atoms with Gasteiger partial charge < -0.3 is 15.2 Å². The van der Waals surface area contributed by atoms with Crippen LogP contribution in [0.1, 0.15) is 31.0 Å². The minimum atomic E-state index is 0.241. The van der Waals surface area contributed by atoms with Crippen molar-refractivity contribution in [3.63, 3.8) is 0 Å². The van der Waals surface area contributed by atoms with Crippen molar-refractivity contribution < 1.29 is 0 Å². The molecule has 1 aromatic carbocycles. The van der Waals surface area contributed by atoms with Gasteiger partial charge in [-0.25, -0.2) is 4.98 Å². The maximum Gasteiger partial charge on any atom is 0.226 e. The largest absolute Gasteiger partial charge is 0.364 e. The van der Waals surface area contributed by atoms with Gasteiger partial charge in [0.1, 0.15) is 0 Å². The fraction of sp³-hybridized carbons (Fsp3) is 0.240. The Morgan fingerprint density at radius 2 is 1.85 bits per heavy atom. The molecule has 0 aliphatic rings. The third-order valence-corrected chi connectivity index (χ3v) is 5.60. The molecule has 5 aromatic rings. The van der Waals surface area contributed by atoms with Gasteiger partial charge in [-0.05, 0) is 43.5 Å². The fourth-order valence-electron chi connectivity index (χ4n) is 3.74. The molecule has 0 amide bonds. The highest BCUT2D eigenvalue weighted by Gasteiger charge is 2.15. The molecule has 4 heterocycles. The number of aromatic amines is 1. The minimum Gasteiger partial charge on any atom is -0.364 e. The van der Waals surface area contributed by atoms with Crippen LogP contribution in [0.2, 0.25) is 0 Å². The molecule has 0 aliphatic carbocycles. The Morgan fingerprint density at radius 1 is 0.971 bits per heavy atom. The second-order valence-corrected chi connectivity index (χ2v) is 8.36. The van der Waals surface area contributed by atoms with Crippen molar-refractivity contribution in [2.45, 2.75) is 32.9 Å². The lowest BCUT2D eigenvalue weighted by Crippen LogP contribution is -2.11. The van der Waals surface area contributed by atoms with E-state index in [1.54, 1.807) is 0 Å². The Labute approximate surface area is 197 Å². The van der Waals surface area contributed by atoms with E-state index in [0.717, 1.165) is 40.0 Å². The third-order valence-electron chi connectivity index (χ3n) is 5.60. The normalized spacial score (nSPS) is 11.3. The highest BCUT2D eigenvalue weighted by Crippen LogP contribution is 2.24. The van der Waals surface area contributed by atoms with E-state index in [2.05, 4.69) is 73.5 Å². The molecule has 0 bridgehead atoms. The summed E-state index contributed by atoms with van der Waals surface area (Å²) in [4.78, 5) is 18.5. The Morgan fingerprint density at radius 3 is 2.59 bits per heavy atom. The molecular weight excluding hydrogens is 426 g/mol. The standard InChI is InChI=1S/C25H27N9/c1-17(2)34-16-29-22-23(32-25(33-24(22)34)27-12-10-19-14-30-31-15-19)28-13-18-6-8-20(9-7-18)21-5-3-4-11-26-21/h3-9,11,14-17H,10,12-13H2,1-2H3,(H,30,31)(H2,27,28,32,33). The summed E-state index contributed by atoms with van der Waals surface area (Å²) in [5.41, 5.74) is 5.90. The molecule has 4 aromatic heterocycles. The maximum atomic E-state index is 4.74. The Balaban J connectivity index is 1.34. The van der Waals surface area contributed by atoms with Crippen LogP contribution in [0.25, 0.3) is 22.4 Å². The monoisotopic (exact) mass is 453 g/mol. The van der Waals surface area contributed by atoms with Crippen LogP contribution in [0.5, 0.6) is 0 Å². The molecule has 0 atom stereocenters. The SMILES string of the molecule is CC(C)n1cnc2c(NCc3ccc(-c4ccccn4)cc3)nc(NCCc3cn[nH]c3)nc21. The van der Waals surface area contributed by atoms with E-state index in [4.69, 9.17) is 9.97 Å². The van der Waals surface area contributed by atoms with Gasteiger partial charge in [-0.15, -0.1) is 0 Å². The van der Waals surface area contributed by atoms with Crippen LogP contribution in [-0.4, -0.2) is 41.2 Å². The van der Waals surface area contributed by atoms with Crippen LogP contribution in [0.3, 0.4) is 0 Å². The van der Waals surface area contributed by atoms with Gasteiger partial charge in [-0.1, -0.05) is 30.3 Å². The molecular formula is C25H27N9. The van der Waals surface area contributed by atoms with E-state index >= 15 is 0 Å². The number of aromatic nitrogens is 7. The summed E-state index contributed by atoms with van der Waals surface area (Å²) in [6.45, 7) is 5.56. The van der Waals surface area contributed by atoms with Gasteiger partial charge in [0.05, 0.1) is 18.2 Å². The smallest absolute Gasteiger partial charge is 0.226 e. The summed E-state index contributed by atoms with van der Waals surface area (Å²) >= 11 is 0. The van der Waals surface area contributed by atoms with Crippen molar-refractivity contribution in [1.29, 1.82) is 0 Å². The molecule has 0 spiro atoms. The number of fused-ring (bicyclic) bond motifs is 1. The highest BCUT2D eigenvalue weighted by molar-refractivity contribution is 5.84. The number of rotatable bonds is 9. The lowest BCUT2D eigenvalue weighted by atomic mass is 10.1. The number of anilines is 2. The van der Waals surface area contributed by atoms with Gasteiger partial charge in [-0.2, -0.15) is 15.1 Å². The van der Waals surface area contributed by atoms with Crippen LogP contribution in [0.15, 0.2) is 67.4 Å². The van der Waals surface area contributed by atoms with Crippen LogP contribution >= 0.6 is 0 Å². The third kappa shape index (κ3) is 4.73. The molecule has 9 nitrogen and oxygen atoms in total. The van der Waals surface area contributed by atoms with E-state index in [-0.39, 0.29) is 6.04 Å². The van der Waals surface area contributed by atoms with Crippen LogP contribution in [0.4, 0.5) is 11.8 Å². The zero-order chi connectivity index (χ0) is 23.3. The van der Waals surface area contributed by atoms with E-state index in [0.29, 0.717) is 24.9 Å². The molecule has 34 heavy (non-hydrogen) atoms. The van der Waals surface area contributed by atoms with Crippen molar-refractivity contribution in [1.82, 2.24) is 34.7 Å². The molecule has 3 N–H and O–H groups in total. The Kier molecular flexibility index (Phi) is 6.15. The average molecular weight is 454 g/mol. The van der Waals surface area contributed by atoms with E-state index in [1.807, 2.05) is 43.1 Å². The first-order chi connectivity index (χ1) is 16.7. The van der Waals surface area contributed by atoms with Crippen molar-refractivity contribution in [2.24, 2.45) is 0 Å². The lowest BCUT2D eigenvalue weighted by Gasteiger charge is -2.12. The van der Waals surface area contributed by atoms with Crippen molar-refractivity contribution in [2.75, 3.05) is 17.2 Å². The van der Waals surface area contributed by atoms with Gasteiger partial charge in [0.2, 0.25) is 5.95 Å². The summed E-state index contributed by atoms with van der Waals surface area (Å²) in [5, 5.41) is 13.6. The summed E-state index contributed by atoms with van der Waals surface area (Å²) in [6, 6.07) is 14.6. The molecule has 0 fully saturated rings. The minimum absolute atomic E-state index is 0.241. The highest BCUT2D eigenvalue weighted by atomic mass is 15.2. The summed E-state index contributed by atoms with van der Waals surface area (Å²) < 4.78 is 2.06. The first kappa shape index (κ1) is 21.6. The van der Waals surface area contributed by atoms with Gasteiger partial charge >= 0.3 is 0 Å². The molecule has 0 unspecified atom stereocenters. The second kappa shape index (κ2) is 9.70. The number of hydrogen-bond acceptors (Lipinski definition) is 7. The summed E-state index contributed by atoms with van der Waals surface area (Å²) in [7, 11) is 0. The zero-order valence-electron chi connectivity index (χ0n) is 19.2. The van der Waals surface area contributed by atoms with Crippen LogP contribution in [-0.2, 0) is 13.0 Å². The Bertz CT molecular complexity index is 1340. The van der Waals surface area contributed by atoms with Gasteiger partial charge in [0.15, 0.2) is 17.0 Å². The van der Waals surface area contributed by atoms with Crippen molar-refractivity contribution in [3.05, 3.63) is 78.5 Å². The van der Waals surface area contributed by atoms with Gasteiger partial charge in [-0.3, -0.25) is 10.1 Å².